The Morgan fingerprint density at radius 2 is 1.81 bits per heavy atom. The molecule has 0 spiro atoms. The van der Waals surface area contributed by atoms with Crippen LogP contribution in [-0.4, -0.2) is 38.0 Å². The molecule has 2 rings (SSSR count). The van der Waals surface area contributed by atoms with Crippen molar-refractivity contribution in [1.29, 1.82) is 0 Å². The number of hydrogen-bond donors (Lipinski definition) is 2. The molecule has 7 heteroatoms. The molecule has 2 N–H and O–H groups in total. The van der Waals surface area contributed by atoms with E-state index in [0.717, 1.165) is 11.1 Å². The minimum absolute atomic E-state index is 0.340. The van der Waals surface area contributed by atoms with Crippen molar-refractivity contribution in [3.8, 4) is 5.75 Å². The number of ether oxygens (including phenoxy) is 2. The van der Waals surface area contributed by atoms with Gasteiger partial charge in [-0.05, 0) is 49.2 Å². The predicted octanol–water partition coefficient (Wildman–Crippen LogP) is 2.22. The van der Waals surface area contributed by atoms with E-state index in [2.05, 4.69) is 10.6 Å². The van der Waals surface area contributed by atoms with Crippen molar-refractivity contribution in [2.45, 2.75) is 13.8 Å². The van der Waals surface area contributed by atoms with Crippen molar-refractivity contribution in [3.63, 3.8) is 0 Å². The Hall–Kier alpha value is -3.35. The van der Waals surface area contributed by atoms with Gasteiger partial charge in [0.25, 0.3) is 11.8 Å². The lowest BCUT2D eigenvalue weighted by Crippen LogP contribution is -2.32. The van der Waals surface area contributed by atoms with Gasteiger partial charge in [-0.15, -0.1) is 0 Å². The first-order chi connectivity index (χ1) is 12.9. The van der Waals surface area contributed by atoms with Crippen LogP contribution in [0.15, 0.2) is 42.5 Å². The number of hydrogen-bond acceptors (Lipinski definition) is 5. The number of carbonyl (C=O) groups is 3. The first kappa shape index (κ1) is 20.0. The standard InChI is InChI=1S/C20H22N2O5/c1-13-7-8-14(2)17(9-13)22-18(23)12-27-19(24)11-21-20(25)15-5-4-6-16(10-15)26-3/h4-10H,11-12H2,1-3H3,(H,21,25)(H,22,23). The molecule has 0 aliphatic heterocycles. The number of benzene rings is 2. The maximum absolute atomic E-state index is 12.0. The molecule has 0 fully saturated rings. The van der Waals surface area contributed by atoms with Gasteiger partial charge in [0.05, 0.1) is 7.11 Å². The van der Waals surface area contributed by atoms with Crippen molar-refractivity contribution in [1.82, 2.24) is 5.32 Å². The summed E-state index contributed by atoms with van der Waals surface area (Å²) in [6.07, 6.45) is 0. The van der Waals surface area contributed by atoms with Crippen LogP contribution < -0.4 is 15.4 Å². The highest BCUT2D eigenvalue weighted by atomic mass is 16.5. The molecule has 0 saturated heterocycles. The average molecular weight is 370 g/mol. The molecule has 27 heavy (non-hydrogen) atoms. The maximum Gasteiger partial charge on any atom is 0.325 e. The van der Waals surface area contributed by atoms with E-state index in [4.69, 9.17) is 9.47 Å². The zero-order chi connectivity index (χ0) is 19.8. The highest BCUT2D eigenvalue weighted by molar-refractivity contribution is 5.97. The molecule has 0 heterocycles. The summed E-state index contributed by atoms with van der Waals surface area (Å²) in [6, 6.07) is 12.2. The third-order valence-corrected chi connectivity index (χ3v) is 3.76. The molecule has 7 nitrogen and oxygen atoms in total. The number of aryl methyl sites for hydroxylation is 2. The van der Waals surface area contributed by atoms with Gasteiger partial charge in [-0.2, -0.15) is 0 Å². The van der Waals surface area contributed by atoms with Crippen LogP contribution in [-0.2, 0) is 14.3 Å². The topological polar surface area (TPSA) is 93.7 Å². The number of methoxy groups -OCH3 is 1. The molecule has 0 bridgehead atoms. The predicted molar refractivity (Wildman–Crippen MR) is 101 cm³/mol. The molecule has 0 saturated carbocycles. The second-order valence-electron chi connectivity index (χ2n) is 5.94. The lowest BCUT2D eigenvalue weighted by molar-refractivity contribution is -0.146. The Kier molecular flexibility index (Phi) is 6.93. The van der Waals surface area contributed by atoms with E-state index in [1.54, 1.807) is 24.3 Å². The van der Waals surface area contributed by atoms with Crippen molar-refractivity contribution >= 4 is 23.5 Å². The Morgan fingerprint density at radius 3 is 2.56 bits per heavy atom. The molecular weight excluding hydrogens is 348 g/mol. The molecule has 0 unspecified atom stereocenters. The van der Waals surface area contributed by atoms with Crippen LogP contribution in [0.1, 0.15) is 21.5 Å². The second kappa shape index (κ2) is 9.38. The zero-order valence-electron chi connectivity index (χ0n) is 15.5. The lowest BCUT2D eigenvalue weighted by Gasteiger charge is -2.10. The van der Waals surface area contributed by atoms with E-state index in [-0.39, 0.29) is 6.54 Å². The fourth-order valence-electron chi connectivity index (χ4n) is 2.27. The highest BCUT2D eigenvalue weighted by Gasteiger charge is 2.12. The second-order valence-corrected chi connectivity index (χ2v) is 5.94. The number of rotatable bonds is 7. The van der Waals surface area contributed by atoms with Gasteiger partial charge >= 0.3 is 5.97 Å². The number of amides is 2. The summed E-state index contributed by atoms with van der Waals surface area (Å²) in [5.74, 6) is -1.06. The average Bonchev–Trinajstić information content (AvgIpc) is 2.67. The summed E-state index contributed by atoms with van der Waals surface area (Å²) in [5.41, 5.74) is 2.94. The molecular formula is C20H22N2O5. The molecule has 2 amide bonds. The van der Waals surface area contributed by atoms with E-state index in [1.807, 2.05) is 32.0 Å². The number of anilines is 1. The van der Waals surface area contributed by atoms with Crippen molar-refractivity contribution in [2.24, 2.45) is 0 Å². The Labute approximate surface area is 157 Å². The SMILES string of the molecule is COc1cccc(C(=O)NCC(=O)OCC(=O)Nc2cc(C)ccc2C)c1. The summed E-state index contributed by atoms with van der Waals surface area (Å²) < 4.78 is 9.93. The quantitative estimate of drug-likeness (QED) is 0.729. The van der Waals surface area contributed by atoms with E-state index in [9.17, 15) is 14.4 Å². The first-order valence-corrected chi connectivity index (χ1v) is 8.34. The lowest BCUT2D eigenvalue weighted by atomic mass is 10.1. The highest BCUT2D eigenvalue weighted by Crippen LogP contribution is 2.16. The van der Waals surface area contributed by atoms with Crippen molar-refractivity contribution in [2.75, 3.05) is 25.6 Å². The van der Waals surface area contributed by atoms with Gasteiger partial charge in [0.1, 0.15) is 12.3 Å². The number of nitrogens with one attached hydrogen (secondary N) is 2. The summed E-state index contributed by atoms with van der Waals surface area (Å²) >= 11 is 0. The Balaban J connectivity index is 1.77. The molecule has 2 aromatic rings. The van der Waals surface area contributed by atoms with E-state index < -0.39 is 24.4 Å². The van der Waals surface area contributed by atoms with E-state index >= 15 is 0 Å². The minimum atomic E-state index is -0.706. The Bertz CT molecular complexity index is 848. The monoisotopic (exact) mass is 370 g/mol. The van der Waals surface area contributed by atoms with Gasteiger partial charge in [0.15, 0.2) is 6.61 Å². The molecule has 2 aromatic carbocycles. The summed E-state index contributed by atoms with van der Waals surface area (Å²) in [6.45, 7) is 3.02. The minimum Gasteiger partial charge on any atom is -0.497 e. The normalized spacial score (nSPS) is 10.0. The van der Waals surface area contributed by atoms with Crippen LogP contribution in [0.2, 0.25) is 0 Å². The smallest absolute Gasteiger partial charge is 0.325 e. The fourth-order valence-corrected chi connectivity index (χ4v) is 2.27. The third kappa shape index (κ3) is 6.14. The first-order valence-electron chi connectivity index (χ1n) is 8.34. The summed E-state index contributed by atoms with van der Waals surface area (Å²) in [5, 5.41) is 5.13. The van der Waals surface area contributed by atoms with Crippen LogP contribution in [0, 0.1) is 13.8 Å². The maximum atomic E-state index is 12.0. The summed E-state index contributed by atoms with van der Waals surface area (Å²) in [7, 11) is 1.50. The van der Waals surface area contributed by atoms with Gasteiger partial charge in [-0.3, -0.25) is 14.4 Å². The number of carbonyl (C=O) groups excluding carboxylic acids is 3. The fraction of sp³-hybridized carbons (Fsp3) is 0.250. The molecule has 0 radical (unpaired) electrons. The number of esters is 1. The van der Waals surface area contributed by atoms with Crippen molar-refractivity contribution < 1.29 is 23.9 Å². The molecule has 0 aliphatic carbocycles. The van der Waals surface area contributed by atoms with Crippen LogP contribution >= 0.6 is 0 Å². The molecule has 0 aromatic heterocycles. The van der Waals surface area contributed by atoms with Crippen LogP contribution in [0.25, 0.3) is 0 Å². The van der Waals surface area contributed by atoms with Gasteiger partial charge in [0.2, 0.25) is 0 Å². The van der Waals surface area contributed by atoms with Crippen LogP contribution in [0.3, 0.4) is 0 Å². The zero-order valence-corrected chi connectivity index (χ0v) is 15.5. The van der Waals surface area contributed by atoms with Gasteiger partial charge < -0.3 is 20.1 Å². The Morgan fingerprint density at radius 1 is 1.04 bits per heavy atom. The van der Waals surface area contributed by atoms with E-state index in [1.165, 1.54) is 7.11 Å². The van der Waals surface area contributed by atoms with Gasteiger partial charge in [-0.25, -0.2) is 0 Å². The molecule has 142 valence electrons. The van der Waals surface area contributed by atoms with Crippen molar-refractivity contribution in [3.05, 3.63) is 59.2 Å². The summed E-state index contributed by atoms with van der Waals surface area (Å²) in [4.78, 5) is 35.7. The van der Waals surface area contributed by atoms with Gasteiger partial charge in [0, 0.05) is 11.3 Å². The third-order valence-electron chi connectivity index (χ3n) is 3.76. The molecule has 0 aliphatic rings. The largest absolute Gasteiger partial charge is 0.497 e. The van der Waals surface area contributed by atoms with Crippen LogP contribution in [0.5, 0.6) is 5.75 Å². The van der Waals surface area contributed by atoms with Gasteiger partial charge in [-0.1, -0.05) is 18.2 Å². The van der Waals surface area contributed by atoms with Crippen LogP contribution in [0.4, 0.5) is 5.69 Å². The van der Waals surface area contributed by atoms with E-state index in [0.29, 0.717) is 17.0 Å². The molecule has 0 atom stereocenters.